The van der Waals surface area contributed by atoms with Gasteiger partial charge >= 0.3 is 12.4 Å². The first-order valence-corrected chi connectivity index (χ1v) is 4.30. The average Bonchev–Trinajstić information content (AvgIpc) is 2.08. The summed E-state index contributed by atoms with van der Waals surface area (Å²) < 4.78 is 75.2. The molecule has 0 rings (SSSR count). The lowest BCUT2D eigenvalue weighted by atomic mass is 9.99. The van der Waals surface area contributed by atoms with Crippen molar-refractivity contribution >= 4 is 11.4 Å². The summed E-state index contributed by atoms with van der Waals surface area (Å²) in [7, 11) is 0.953. The van der Waals surface area contributed by atoms with E-state index in [4.69, 9.17) is 5.41 Å². The molecule has 0 heterocycles. The van der Waals surface area contributed by atoms with Crippen LogP contribution in [0.3, 0.4) is 0 Å². The van der Waals surface area contributed by atoms with E-state index in [-0.39, 0.29) is 0 Å². The Kier molecular flexibility index (Phi) is 4.50. The maximum absolute atomic E-state index is 12.6. The summed E-state index contributed by atoms with van der Waals surface area (Å²) >= 11 is 0. The minimum atomic E-state index is -5.25. The van der Waals surface area contributed by atoms with Crippen LogP contribution in [-0.4, -0.2) is 30.8 Å². The highest BCUT2D eigenvalue weighted by Gasteiger charge is 2.47. The predicted molar refractivity (Wildman–Crippen MR) is 51.6 cm³/mol. The minimum absolute atomic E-state index is 0.650. The molecule has 0 fully saturated rings. The number of aliphatic imine (C=N–C) groups is 1. The standard InChI is InChI=1S/C9H10F6N2/c1-4(16)6(8(10,11)12)7(5(2)17-3)9(13,14)15/h16H,1-3H3/b7-6-,16-4?,17-5?. The molecule has 8 heteroatoms. The molecule has 0 aromatic carbocycles. The quantitative estimate of drug-likeness (QED) is 0.582. The molecule has 0 atom stereocenters. The average molecular weight is 260 g/mol. The third-order valence-electron chi connectivity index (χ3n) is 1.89. The summed E-state index contributed by atoms with van der Waals surface area (Å²) in [5.74, 6) is 0. The normalized spacial score (nSPS) is 15.7. The Balaban J connectivity index is 6.25. The van der Waals surface area contributed by atoms with Crippen molar-refractivity contribution in [2.24, 2.45) is 4.99 Å². The Bertz CT molecular complexity index is 372. The summed E-state index contributed by atoms with van der Waals surface area (Å²) in [6, 6.07) is 0. The number of alkyl halides is 6. The smallest absolute Gasteiger partial charge is 0.305 e. The Morgan fingerprint density at radius 1 is 0.882 bits per heavy atom. The second-order valence-corrected chi connectivity index (χ2v) is 3.18. The van der Waals surface area contributed by atoms with Crippen molar-refractivity contribution in [3.8, 4) is 0 Å². The van der Waals surface area contributed by atoms with Crippen molar-refractivity contribution in [3.63, 3.8) is 0 Å². The van der Waals surface area contributed by atoms with Crippen molar-refractivity contribution in [1.29, 1.82) is 5.41 Å². The number of rotatable bonds is 2. The molecule has 0 saturated heterocycles. The molecule has 0 aliphatic carbocycles. The molecular weight excluding hydrogens is 250 g/mol. The summed E-state index contributed by atoms with van der Waals surface area (Å²) in [5, 5.41) is 6.85. The van der Waals surface area contributed by atoms with Crippen LogP contribution in [0.5, 0.6) is 0 Å². The van der Waals surface area contributed by atoms with E-state index >= 15 is 0 Å². The van der Waals surface area contributed by atoms with E-state index in [1.807, 2.05) is 0 Å². The molecule has 0 bridgehead atoms. The van der Waals surface area contributed by atoms with E-state index in [2.05, 4.69) is 4.99 Å². The van der Waals surface area contributed by atoms with Gasteiger partial charge in [0.15, 0.2) is 0 Å². The lowest BCUT2D eigenvalue weighted by Gasteiger charge is -2.19. The predicted octanol–water partition coefficient (Wildman–Crippen LogP) is 3.54. The molecule has 0 amide bonds. The Morgan fingerprint density at radius 3 is 1.41 bits per heavy atom. The zero-order valence-electron chi connectivity index (χ0n) is 9.22. The largest absolute Gasteiger partial charge is 0.418 e. The van der Waals surface area contributed by atoms with Gasteiger partial charge in [-0.05, 0) is 13.8 Å². The van der Waals surface area contributed by atoms with Gasteiger partial charge in [-0.25, -0.2) is 0 Å². The summed E-state index contributed by atoms with van der Waals surface area (Å²) in [4.78, 5) is 3.11. The van der Waals surface area contributed by atoms with Crippen LogP contribution in [0.4, 0.5) is 26.3 Å². The molecule has 0 aromatic rings. The molecule has 0 aromatic heterocycles. The molecule has 98 valence electrons. The molecule has 0 saturated carbocycles. The highest BCUT2D eigenvalue weighted by Crippen LogP contribution is 2.37. The van der Waals surface area contributed by atoms with Crippen LogP contribution < -0.4 is 0 Å². The van der Waals surface area contributed by atoms with Gasteiger partial charge in [0.25, 0.3) is 0 Å². The summed E-state index contributed by atoms with van der Waals surface area (Å²) in [6.45, 7) is 1.47. The number of nitrogens with one attached hydrogen (secondary N) is 1. The van der Waals surface area contributed by atoms with Crippen LogP contribution in [0.2, 0.25) is 0 Å². The van der Waals surface area contributed by atoms with Gasteiger partial charge in [0.05, 0.1) is 11.1 Å². The number of hydrogen-bond acceptors (Lipinski definition) is 2. The lowest BCUT2D eigenvalue weighted by Crippen LogP contribution is -2.29. The Morgan fingerprint density at radius 2 is 1.24 bits per heavy atom. The van der Waals surface area contributed by atoms with Gasteiger partial charge in [0.1, 0.15) is 0 Å². The van der Waals surface area contributed by atoms with Crippen LogP contribution in [-0.2, 0) is 0 Å². The van der Waals surface area contributed by atoms with E-state index in [1.165, 1.54) is 0 Å². The topological polar surface area (TPSA) is 36.2 Å². The molecule has 0 spiro atoms. The van der Waals surface area contributed by atoms with E-state index in [9.17, 15) is 26.3 Å². The summed E-state index contributed by atoms with van der Waals surface area (Å²) in [5.41, 5.74) is -5.93. The third kappa shape index (κ3) is 3.86. The number of allylic oxidation sites excluding steroid dienone is 2. The Labute approximate surface area is 93.5 Å². The van der Waals surface area contributed by atoms with Crippen LogP contribution in [0.1, 0.15) is 13.8 Å². The van der Waals surface area contributed by atoms with E-state index in [0.717, 1.165) is 14.0 Å². The van der Waals surface area contributed by atoms with Crippen molar-refractivity contribution in [2.75, 3.05) is 7.05 Å². The zero-order valence-corrected chi connectivity index (χ0v) is 9.22. The molecule has 0 unspecified atom stereocenters. The van der Waals surface area contributed by atoms with Crippen molar-refractivity contribution in [3.05, 3.63) is 11.1 Å². The fraction of sp³-hybridized carbons (Fsp3) is 0.556. The molecule has 0 aliphatic heterocycles. The summed E-state index contributed by atoms with van der Waals surface area (Å²) in [6.07, 6.45) is -10.5. The van der Waals surface area contributed by atoms with Gasteiger partial charge in [-0.15, -0.1) is 0 Å². The number of hydrogen-bond donors (Lipinski definition) is 1. The van der Waals surface area contributed by atoms with Gasteiger partial charge in [-0.2, -0.15) is 26.3 Å². The maximum Gasteiger partial charge on any atom is 0.418 e. The maximum atomic E-state index is 12.6. The fourth-order valence-electron chi connectivity index (χ4n) is 1.18. The van der Waals surface area contributed by atoms with Crippen LogP contribution in [0.15, 0.2) is 16.1 Å². The van der Waals surface area contributed by atoms with Gasteiger partial charge in [0.2, 0.25) is 0 Å². The van der Waals surface area contributed by atoms with Gasteiger partial charge in [-0.3, -0.25) is 4.99 Å². The van der Waals surface area contributed by atoms with Crippen molar-refractivity contribution < 1.29 is 26.3 Å². The van der Waals surface area contributed by atoms with Gasteiger partial charge < -0.3 is 5.41 Å². The highest BCUT2D eigenvalue weighted by molar-refractivity contribution is 6.09. The molecular formula is C9H10F6N2. The number of nitrogens with zero attached hydrogens (tertiary/aromatic N) is 1. The lowest BCUT2D eigenvalue weighted by molar-refractivity contribution is -0.107. The van der Waals surface area contributed by atoms with Crippen molar-refractivity contribution in [2.45, 2.75) is 26.2 Å². The van der Waals surface area contributed by atoms with Gasteiger partial charge in [0, 0.05) is 18.5 Å². The fourth-order valence-corrected chi connectivity index (χ4v) is 1.18. The second-order valence-electron chi connectivity index (χ2n) is 3.18. The monoisotopic (exact) mass is 260 g/mol. The third-order valence-corrected chi connectivity index (χ3v) is 1.89. The van der Waals surface area contributed by atoms with Gasteiger partial charge in [-0.1, -0.05) is 0 Å². The SMILES string of the molecule is CN=C(C)/C(=C(\C(C)=N)C(F)(F)F)C(F)(F)F. The van der Waals surface area contributed by atoms with E-state index < -0.39 is 34.9 Å². The van der Waals surface area contributed by atoms with Crippen molar-refractivity contribution in [1.82, 2.24) is 0 Å². The zero-order chi connectivity index (χ0) is 14.0. The molecule has 0 radical (unpaired) electrons. The number of halogens is 6. The van der Waals surface area contributed by atoms with Crippen LogP contribution >= 0.6 is 0 Å². The highest BCUT2D eigenvalue weighted by atomic mass is 19.4. The molecule has 1 N–H and O–H groups in total. The molecule has 0 aliphatic rings. The molecule has 17 heavy (non-hydrogen) atoms. The van der Waals surface area contributed by atoms with E-state index in [0.29, 0.717) is 6.92 Å². The first-order chi connectivity index (χ1) is 7.42. The van der Waals surface area contributed by atoms with Crippen LogP contribution in [0, 0.1) is 5.41 Å². The first kappa shape index (κ1) is 15.7. The second kappa shape index (κ2) is 4.89. The minimum Gasteiger partial charge on any atom is -0.305 e. The van der Waals surface area contributed by atoms with Crippen LogP contribution in [0.25, 0.3) is 0 Å². The Hall–Kier alpha value is -1.34. The molecule has 2 nitrogen and oxygen atoms in total. The first-order valence-electron chi connectivity index (χ1n) is 4.30. The van der Waals surface area contributed by atoms with E-state index in [1.54, 1.807) is 0 Å².